The molecule has 11 heteroatoms. The third-order valence-corrected chi connectivity index (χ3v) is 8.26. The Bertz CT molecular complexity index is 927. The van der Waals surface area contributed by atoms with Gasteiger partial charge in [0.15, 0.2) is 6.17 Å². The summed E-state index contributed by atoms with van der Waals surface area (Å²) >= 11 is 13.0. The molecule has 1 fully saturated rings. The fraction of sp³-hybridized carbons (Fsp3) is 0.731. The van der Waals surface area contributed by atoms with E-state index in [9.17, 15) is 15.0 Å². The zero-order chi connectivity index (χ0) is 27.4. The number of aliphatic hydroxyl groups is 2. The van der Waals surface area contributed by atoms with Crippen LogP contribution in [0.4, 0.5) is 4.79 Å². The molecule has 9 nitrogen and oxygen atoms in total. The Labute approximate surface area is 230 Å². The van der Waals surface area contributed by atoms with E-state index in [4.69, 9.17) is 37.9 Å². The second kappa shape index (κ2) is 12.4. The van der Waals surface area contributed by atoms with Crippen LogP contribution in [0.3, 0.4) is 0 Å². The summed E-state index contributed by atoms with van der Waals surface area (Å²) in [4.78, 5) is 28.0. The molecular weight excluding hydrogens is 517 g/mol. The van der Waals surface area contributed by atoms with Crippen molar-refractivity contribution in [3.63, 3.8) is 0 Å². The number of hydrogen-bond donors (Lipinski definition) is 2. The Morgan fingerprint density at radius 2 is 2.16 bits per heavy atom. The monoisotopic (exact) mass is 557 g/mol. The van der Waals surface area contributed by atoms with Crippen molar-refractivity contribution < 1.29 is 19.7 Å². The molecular formula is C26H41Cl2N5O4. The van der Waals surface area contributed by atoms with Crippen molar-refractivity contribution in [3.8, 4) is 0 Å². The Kier molecular flexibility index (Phi) is 9.94. The van der Waals surface area contributed by atoms with Crippen LogP contribution in [0.2, 0.25) is 0 Å². The van der Waals surface area contributed by atoms with Gasteiger partial charge < -0.3 is 29.6 Å². The highest BCUT2D eigenvalue weighted by Crippen LogP contribution is 2.35. The van der Waals surface area contributed by atoms with Gasteiger partial charge in [0.2, 0.25) is 0 Å². The van der Waals surface area contributed by atoms with Gasteiger partial charge in [0.25, 0.3) is 6.02 Å². The third kappa shape index (κ3) is 6.99. The van der Waals surface area contributed by atoms with E-state index in [0.717, 1.165) is 11.5 Å². The number of amides is 2. The minimum Gasteiger partial charge on any atom is -0.458 e. The molecule has 5 unspecified atom stereocenters. The number of ether oxygens (including phenoxy) is 1. The molecule has 0 aromatic carbocycles. The van der Waals surface area contributed by atoms with Gasteiger partial charge in [-0.1, -0.05) is 23.8 Å². The van der Waals surface area contributed by atoms with E-state index in [-0.39, 0.29) is 24.6 Å². The first-order valence-electron chi connectivity index (χ1n) is 12.9. The quantitative estimate of drug-likeness (QED) is 0.316. The molecule has 5 atom stereocenters. The molecule has 0 aromatic rings. The maximum Gasteiger partial charge on any atom is 0.321 e. The Balaban J connectivity index is 1.97. The van der Waals surface area contributed by atoms with Gasteiger partial charge in [0.05, 0.1) is 23.6 Å². The summed E-state index contributed by atoms with van der Waals surface area (Å²) in [5.74, 6) is 0. The predicted octanol–water partition coefficient (Wildman–Crippen LogP) is 3.58. The molecule has 0 radical (unpaired) electrons. The van der Waals surface area contributed by atoms with E-state index in [0.29, 0.717) is 44.8 Å². The molecule has 0 bridgehead atoms. The van der Waals surface area contributed by atoms with Crippen molar-refractivity contribution in [2.75, 3.05) is 33.3 Å². The predicted molar refractivity (Wildman–Crippen MR) is 148 cm³/mol. The van der Waals surface area contributed by atoms with Gasteiger partial charge in [0.1, 0.15) is 11.6 Å². The number of carbonyl (C=O) groups excluding carboxylic acids is 1. The summed E-state index contributed by atoms with van der Waals surface area (Å²) in [6, 6.07) is -0.461. The summed E-state index contributed by atoms with van der Waals surface area (Å²) in [5.41, 5.74) is -1.32. The number of rotatable bonds is 10. The van der Waals surface area contributed by atoms with Gasteiger partial charge in [-0.15, -0.1) is 18.2 Å². The highest BCUT2D eigenvalue weighted by Gasteiger charge is 2.51. The summed E-state index contributed by atoms with van der Waals surface area (Å²) in [7, 11) is 1.68. The zero-order valence-electron chi connectivity index (χ0n) is 22.3. The van der Waals surface area contributed by atoms with Crippen LogP contribution in [-0.2, 0) is 4.74 Å². The molecule has 2 amide bonds. The molecule has 3 aliphatic heterocycles. The minimum absolute atomic E-state index is 0.0360. The first-order chi connectivity index (χ1) is 17.4. The lowest BCUT2D eigenvalue weighted by Crippen LogP contribution is -2.56. The number of aliphatic imine (C=N–C) groups is 2. The fourth-order valence-electron chi connectivity index (χ4n) is 4.93. The van der Waals surface area contributed by atoms with Gasteiger partial charge in [-0.05, 0) is 46.5 Å². The van der Waals surface area contributed by atoms with Gasteiger partial charge in [0, 0.05) is 44.4 Å². The number of halogens is 2. The average Bonchev–Trinajstić information content (AvgIpc) is 3.04. The zero-order valence-corrected chi connectivity index (χ0v) is 23.8. The number of alkyl halides is 1. The second-order valence-corrected chi connectivity index (χ2v) is 11.8. The van der Waals surface area contributed by atoms with Gasteiger partial charge in [-0.25, -0.2) is 9.79 Å². The van der Waals surface area contributed by atoms with Crippen LogP contribution in [0.15, 0.2) is 33.7 Å². The van der Waals surface area contributed by atoms with E-state index in [1.165, 1.54) is 0 Å². The second-order valence-electron chi connectivity index (χ2n) is 10.8. The summed E-state index contributed by atoms with van der Waals surface area (Å²) in [6.45, 7) is 10.5. The molecule has 3 aliphatic rings. The van der Waals surface area contributed by atoms with Crippen LogP contribution in [0, 0.1) is 0 Å². The lowest BCUT2D eigenvalue weighted by molar-refractivity contribution is 0.0234. The van der Waals surface area contributed by atoms with Crippen molar-refractivity contribution in [1.29, 1.82) is 0 Å². The van der Waals surface area contributed by atoms with Crippen molar-refractivity contribution in [1.82, 2.24) is 14.7 Å². The molecule has 3 heterocycles. The van der Waals surface area contributed by atoms with E-state index in [1.807, 2.05) is 44.0 Å². The minimum atomic E-state index is -0.907. The molecule has 208 valence electrons. The van der Waals surface area contributed by atoms with Crippen LogP contribution in [0.5, 0.6) is 0 Å². The van der Waals surface area contributed by atoms with Gasteiger partial charge >= 0.3 is 6.03 Å². The first kappa shape index (κ1) is 29.7. The van der Waals surface area contributed by atoms with Crippen LogP contribution >= 0.6 is 23.2 Å². The van der Waals surface area contributed by atoms with Gasteiger partial charge in [-0.2, -0.15) is 0 Å². The number of aliphatic hydroxyl groups excluding tert-OH is 2. The first-order valence-corrected chi connectivity index (χ1v) is 13.7. The van der Waals surface area contributed by atoms with Crippen LogP contribution in [0.1, 0.15) is 52.9 Å². The van der Waals surface area contributed by atoms with E-state index in [2.05, 4.69) is 6.58 Å². The third-order valence-electron chi connectivity index (χ3n) is 7.21. The lowest BCUT2D eigenvalue weighted by atomic mass is 9.96. The Morgan fingerprint density at radius 1 is 1.43 bits per heavy atom. The SMILES string of the molecule is C=CCCC(Cl)C(C)(C)OC1=NC2C(C(O)CN(CCCO)C(=O)N2C)N1CC1(C)CC=C(Cl)CC=N1. The molecule has 37 heavy (non-hydrogen) atoms. The number of hydrogen-bond acceptors (Lipinski definition) is 7. The average molecular weight is 559 g/mol. The number of fused-ring (bicyclic) bond motifs is 1. The largest absolute Gasteiger partial charge is 0.458 e. The normalized spacial score (nSPS) is 29.4. The molecule has 2 N–H and O–H groups in total. The highest BCUT2D eigenvalue weighted by molar-refractivity contribution is 6.30. The summed E-state index contributed by atoms with van der Waals surface area (Å²) < 4.78 is 6.49. The number of likely N-dealkylation sites (N-methyl/N-ethyl adjacent to an activating group) is 1. The van der Waals surface area contributed by atoms with Crippen molar-refractivity contribution in [2.45, 2.75) is 87.7 Å². The van der Waals surface area contributed by atoms with Crippen LogP contribution in [0.25, 0.3) is 0 Å². The molecule has 0 saturated carbocycles. The molecule has 1 saturated heterocycles. The topological polar surface area (TPSA) is 101 Å². The number of nitrogens with zero attached hydrogens (tertiary/aromatic N) is 5. The number of amidine groups is 1. The maximum absolute atomic E-state index is 13.3. The summed E-state index contributed by atoms with van der Waals surface area (Å²) in [5, 5.41) is 21.1. The van der Waals surface area contributed by atoms with Crippen LogP contribution < -0.4 is 0 Å². The van der Waals surface area contributed by atoms with E-state index < -0.39 is 29.5 Å². The number of urea groups is 1. The lowest BCUT2D eigenvalue weighted by Gasteiger charge is -2.40. The van der Waals surface area contributed by atoms with Crippen molar-refractivity contribution >= 4 is 41.5 Å². The number of carbonyl (C=O) groups is 1. The molecule has 0 aromatic heterocycles. The Morgan fingerprint density at radius 3 is 2.84 bits per heavy atom. The number of β-amino-alcohol motifs (C(OH)–C–C–N with tert-alkyl or cyclic N) is 1. The smallest absolute Gasteiger partial charge is 0.321 e. The number of allylic oxidation sites excluding steroid dienone is 2. The fourth-order valence-corrected chi connectivity index (χ4v) is 5.25. The molecule has 0 spiro atoms. The van der Waals surface area contributed by atoms with Crippen LogP contribution in [-0.4, -0.2) is 111 Å². The molecule has 3 rings (SSSR count). The Hall–Kier alpha value is -1.81. The molecule has 0 aliphatic carbocycles. The van der Waals surface area contributed by atoms with E-state index >= 15 is 0 Å². The standard InChI is InChI=1S/C26H41Cl2N5O4/c1-6-7-9-20(28)25(2,3)37-23-30-22-21(19(35)16-32(14-8-15-34)24(36)31(22)5)33(23)17-26(4)12-10-18(27)11-13-29-26/h6,10,13,19-22,34-35H,1,7-9,11-12,14-17H2,2-5H3. The summed E-state index contributed by atoms with van der Waals surface area (Å²) in [6.07, 6.45) is 7.10. The highest BCUT2D eigenvalue weighted by atomic mass is 35.5. The van der Waals surface area contributed by atoms with Gasteiger partial charge in [-0.3, -0.25) is 4.99 Å². The van der Waals surface area contributed by atoms with Crippen molar-refractivity contribution in [2.24, 2.45) is 9.98 Å². The van der Waals surface area contributed by atoms with E-state index in [1.54, 1.807) is 16.8 Å². The maximum atomic E-state index is 13.3. The van der Waals surface area contributed by atoms with Crippen molar-refractivity contribution in [3.05, 3.63) is 23.8 Å².